The minimum Gasteiger partial charge on any atom is -0.248 e. The van der Waals surface area contributed by atoms with Crippen LogP contribution in [0.15, 0.2) is 0 Å². The molecule has 0 fully saturated rings. The van der Waals surface area contributed by atoms with Gasteiger partial charge in [-0.2, -0.15) is 0 Å². The molecule has 0 aromatic carbocycles. The predicted molar refractivity (Wildman–Crippen MR) is 29.8 cm³/mol. The molecule has 0 aromatic heterocycles. The van der Waals surface area contributed by atoms with Crippen molar-refractivity contribution in [3.8, 4) is 0 Å². The van der Waals surface area contributed by atoms with Crippen molar-refractivity contribution in [1.82, 2.24) is 0 Å². The second kappa shape index (κ2) is 5.01. The molecule has 0 bridgehead atoms. The van der Waals surface area contributed by atoms with Crippen molar-refractivity contribution >= 4 is 0 Å². The van der Waals surface area contributed by atoms with Gasteiger partial charge in [-0.3, -0.25) is 0 Å². The van der Waals surface area contributed by atoms with E-state index in [2.05, 4.69) is 0 Å². The maximum Gasteiger partial charge on any atom is 0.131 e. The quantitative estimate of drug-likeness (QED) is 0.501. The number of alkyl halides is 1. The minimum atomic E-state index is -0.782. The Kier molecular flexibility index (Phi) is 4.92. The largest absolute Gasteiger partial charge is 0.248 e. The van der Waals surface area contributed by atoms with Gasteiger partial charge in [0.15, 0.2) is 0 Å². The average molecular weight is 121 g/mol. The van der Waals surface area contributed by atoms with E-state index in [0.717, 1.165) is 0 Å². The molecule has 0 aromatic rings. The number of hydrogen-bond donors (Lipinski definition) is 0. The molecular weight excluding hydrogens is 110 g/mol. The maximum absolute atomic E-state index is 11.9. The van der Waals surface area contributed by atoms with Gasteiger partial charge in [0.25, 0.3) is 0 Å². The lowest BCUT2D eigenvalue weighted by Gasteiger charge is -1.96. The fourth-order valence-electron chi connectivity index (χ4n) is 0.476. The van der Waals surface area contributed by atoms with Crippen LogP contribution in [0.4, 0.5) is 8.78 Å². The lowest BCUT2D eigenvalue weighted by molar-refractivity contribution is 0.330. The van der Waals surface area contributed by atoms with Crippen molar-refractivity contribution in [2.24, 2.45) is 0 Å². The van der Waals surface area contributed by atoms with Crippen molar-refractivity contribution in [2.75, 3.05) is 0 Å². The number of rotatable bonds is 4. The third kappa shape index (κ3) is 5.86. The topological polar surface area (TPSA) is 0 Å². The molecule has 0 nitrogen and oxygen atoms in total. The highest BCUT2D eigenvalue weighted by Gasteiger charge is 1.95. The summed E-state index contributed by atoms with van der Waals surface area (Å²) in [6.45, 7) is 2.06. The Morgan fingerprint density at radius 2 is 2.25 bits per heavy atom. The average Bonchev–Trinajstić information content (AvgIpc) is 1.66. The van der Waals surface area contributed by atoms with Gasteiger partial charge in [0, 0.05) is 0 Å². The molecule has 0 spiro atoms. The molecular formula is C6H11F2. The molecule has 0 aliphatic heterocycles. The molecule has 8 heavy (non-hydrogen) atoms. The highest BCUT2D eigenvalue weighted by molar-refractivity contribution is 4.52. The van der Waals surface area contributed by atoms with Gasteiger partial charge in [-0.15, -0.1) is 0 Å². The fraction of sp³-hybridized carbons (Fsp3) is 0.833. The molecule has 1 radical (unpaired) electrons. The smallest absolute Gasteiger partial charge is 0.131 e. The first-order chi connectivity index (χ1) is 3.77. The molecule has 0 aliphatic rings. The summed E-state index contributed by atoms with van der Waals surface area (Å²) in [7, 11) is 0. The third-order valence-electron chi connectivity index (χ3n) is 0.915. The third-order valence-corrected chi connectivity index (χ3v) is 0.915. The summed E-state index contributed by atoms with van der Waals surface area (Å²) in [5.41, 5.74) is 0. The molecule has 0 N–H and O–H groups in total. The van der Waals surface area contributed by atoms with Crippen LogP contribution in [-0.2, 0) is 0 Å². The second-order valence-electron chi connectivity index (χ2n) is 1.87. The highest BCUT2D eigenvalue weighted by Crippen LogP contribution is 2.04. The van der Waals surface area contributed by atoms with E-state index in [1.807, 2.05) is 0 Å². The van der Waals surface area contributed by atoms with Gasteiger partial charge < -0.3 is 0 Å². The molecule has 1 atom stereocenters. The van der Waals surface area contributed by atoms with Crippen molar-refractivity contribution in [3.63, 3.8) is 0 Å². The van der Waals surface area contributed by atoms with Crippen LogP contribution in [0.1, 0.15) is 26.2 Å². The van der Waals surface area contributed by atoms with E-state index in [0.29, 0.717) is 25.9 Å². The molecule has 0 saturated carbocycles. The van der Waals surface area contributed by atoms with E-state index in [9.17, 15) is 8.78 Å². The van der Waals surface area contributed by atoms with Crippen LogP contribution < -0.4 is 0 Å². The SMILES string of the molecule is CC(F)CCC[CH]F. The van der Waals surface area contributed by atoms with E-state index < -0.39 is 6.17 Å². The van der Waals surface area contributed by atoms with Gasteiger partial charge in [0.05, 0.1) is 6.17 Å². The summed E-state index contributed by atoms with van der Waals surface area (Å²) in [5.74, 6) is 0. The van der Waals surface area contributed by atoms with Crippen molar-refractivity contribution in [1.29, 1.82) is 0 Å². The van der Waals surface area contributed by atoms with Gasteiger partial charge in [-0.25, -0.2) is 8.78 Å². The van der Waals surface area contributed by atoms with Crippen molar-refractivity contribution in [2.45, 2.75) is 32.4 Å². The van der Waals surface area contributed by atoms with Crippen LogP contribution in [-0.4, -0.2) is 6.17 Å². The predicted octanol–water partition coefficient (Wildman–Crippen LogP) is 2.65. The maximum atomic E-state index is 11.9. The van der Waals surface area contributed by atoms with Crippen LogP contribution in [0.3, 0.4) is 0 Å². The summed E-state index contributed by atoms with van der Waals surface area (Å²) in [4.78, 5) is 0. The molecule has 1 unspecified atom stereocenters. The van der Waals surface area contributed by atoms with Crippen molar-refractivity contribution < 1.29 is 8.78 Å². The normalized spacial score (nSPS) is 13.9. The zero-order valence-electron chi connectivity index (χ0n) is 5.03. The lowest BCUT2D eigenvalue weighted by Crippen LogP contribution is -1.90. The van der Waals surface area contributed by atoms with Crippen LogP contribution in [0.2, 0.25) is 0 Å². The lowest BCUT2D eigenvalue weighted by atomic mass is 10.2. The van der Waals surface area contributed by atoms with Crippen LogP contribution in [0, 0.1) is 6.67 Å². The Morgan fingerprint density at radius 3 is 2.62 bits per heavy atom. The first-order valence-corrected chi connectivity index (χ1v) is 2.83. The van der Waals surface area contributed by atoms with Crippen LogP contribution in [0.25, 0.3) is 0 Å². The molecule has 0 saturated heterocycles. The Hall–Kier alpha value is -0.140. The molecule has 2 heteroatoms. The number of hydrogen-bond acceptors (Lipinski definition) is 0. The Morgan fingerprint density at radius 1 is 1.62 bits per heavy atom. The minimum absolute atomic E-state index is 0.383. The molecule has 49 valence electrons. The summed E-state index contributed by atoms with van der Waals surface area (Å²) in [6.07, 6.45) is 0.693. The second-order valence-corrected chi connectivity index (χ2v) is 1.87. The highest BCUT2D eigenvalue weighted by atomic mass is 19.1. The van der Waals surface area contributed by atoms with Gasteiger partial charge >= 0.3 is 0 Å². The first kappa shape index (κ1) is 7.86. The van der Waals surface area contributed by atoms with E-state index in [-0.39, 0.29) is 0 Å². The summed E-state index contributed by atoms with van der Waals surface area (Å²) in [6, 6.07) is 0. The summed E-state index contributed by atoms with van der Waals surface area (Å²) >= 11 is 0. The zero-order valence-corrected chi connectivity index (χ0v) is 5.03. The van der Waals surface area contributed by atoms with Crippen LogP contribution in [0.5, 0.6) is 0 Å². The fourth-order valence-corrected chi connectivity index (χ4v) is 0.476. The van der Waals surface area contributed by atoms with E-state index in [4.69, 9.17) is 0 Å². The first-order valence-electron chi connectivity index (χ1n) is 2.83. The van der Waals surface area contributed by atoms with Gasteiger partial charge in [0.1, 0.15) is 6.67 Å². The monoisotopic (exact) mass is 121 g/mol. The van der Waals surface area contributed by atoms with E-state index in [1.165, 1.54) is 6.92 Å². The summed E-state index contributed by atoms with van der Waals surface area (Å²) < 4.78 is 23.1. The van der Waals surface area contributed by atoms with Crippen LogP contribution >= 0.6 is 0 Å². The standard InChI is InChI=1S/C6H11F2/c1-6(8)4-2-3-5-7/h5-6H,2-4H2,1H3. The Balaban J connectivity index is 2.72. The van der Waals surface area contributed by atoms with Gasteiger partial charge in [0.2, 0.25) is 0 Å². The van der Waals surface area contributed by atoms with Crippen molar-refractivity contribution in [3.05, 3.63) is 6.67 Å². The van der Waals surface area contributed by atoms with Gasteiger partial charge in [-0.1, -0.05) is 0 Å². The van der Waals surface area contributed by atoms with E-state index in [1.54, 1.807) is 0 Å². The molecule has 0 amide bonds. The van der Waals surface area contributed by atoms with Gasteiger partial charge in [-0.05, 0) is 26.2 Å². The molecule has 0 rings (SSSR count). The number of halogens is 2. The zero-order chi connectivity index (χ0) is 6.41. The Labute approximate surface area is 48.9 Å². The van der Waals surface area contributed by atoms with E-state index >= 15 is 0 Å². The molecule has 0 aliphatic carbocycles. The Bertz CT molecular complexity index is 43.8. The molecule has 0 heterocycles. The summed E-state index contributed by atoms with van der Waals surface area (Å²) in [5, 5.41) is 0. The number of unbranched alkanes of at least 4 members (excludes halogenated alkanes) is 1.